The molecule has 0 unspecified atom stereocenters. The van der Waals surface area contributed by atoms with Crippen LogP contribution in [0.4, 0.5) is 0 Å². The van der Waals surface area contributed by atoms with Gasteiger partial charge in [-0.15, -0.1) is 0 Å². The molecule has 0 fully saturated rings. The molecule has 0 bridgehead atoms. The van der Waals surface area contributed by atoms with Gasteiger partial charge in [-0.05, 0) is 0 Å². The van der Waals surface area contributed by atoms with Crippen molar-refractivity contribution >= 4 is 0 Å². The Morgan fingerprint density at radius 1 is 1.25 bits per heavy atom. The van der Waals surface area contributed by atoms with E-state index in [2.05, 4.69) is 6.65 Å². The molecule has 5 radical (unpaired) electrons. The van der Waals surface area contributed by atoms with Crippen LogP contribution in [0.3, 0.4) is 0 Å². The number of rotatable bonds is 0. The van der Waals surface area contributed by atoms with Gasteiger partial charge in [0.05, 0.1) is 0 Å². The molecule has 0 aromatic heterocycles. The number of hydrogen-bond acceptors (Lipinski definition) is 0. The molecular weight excluding hydrogens is 58.0 g/mol. The van der Waals surface area contributed by atoms with E-state index in [0.29, 0.717) is 0 Å². The van der Waals surface area contributed by atoms with Crippen molar-refractivity contribution in [3.05, 3.63) is 6.65 Å². The average molecular weight is 58.0 g/mol. The molecule has 0 atom stereocenters. The smallest absolute Gasteiger partial charge is 0 e. The molecule has 0 amide bonds. The molecule has 0 aliphatic rings. The maximum Gasteiger partial charge on any atom is 0 e. The van der Waals surface area contributed by atoms with Crippen molar-refractivity contribution in [2.45, 2.75) is 0 Å². The van der Waals surface area contributed by atoms with Crippen LogP contribution in [0.5, 0.6) is 0 Å². The fourth-order valence-corrected chi connectivity index (χ4v) is 0. The van der Waals surface area contributed by atoms with Gasteiger partial charge in [-0.25, -0.2) is 0 Å². The minimum atomic E-state index is 0. The Morgan fingerprint density at radius 3 is 1.25 bits per heavy atom. The van der Waals surface area contributed by atoms with Gasteiger partial charge in [-0.1, -0.05) is 0 Å². The van der Waals surface area contributed by atoms with Crippen molar-refractivity contribution in [1.29, 1.82) is 0 Å². The Kier molecular flexibility index (Phi) is 942. The fourth-order valence-electron chi connectivity index (χ4n) is 0. The third-order valence-corrected chi connectivity index (χ3v) is 0. The topological polar surface area (TPSA) is 78.9 Å². The molecule has 21 valence electrons. The Bertz CT molecular complexity index is 10.8. The van der Waals surface area contributed by atoms with Crippen LogP contribution in [0.15, 0.2) is 0 Å². The Labute approximate surface area is 24.2 Å². The average Bonchev–Trinajstić information content (AvgIpc) is 1.00. The van der Waals surface area contributed by atoms with Crippen molar-refractivity contribution < 1.29 is 10.1 Å². The predicted octanol–water partition coefficient (Wildman–Crippen LogP) is -0.637. The second-order valence-corrected chi connectivity index (χ2v) is 0. The third kappa shape index (κ3) is 6.26. The van der Waals surface area contributed by atoms with Crippen LogP contribution >= 0.6 is 0 Å². The molecule has 0 aromatic carbocycles. The molecule has 0 N–H and O–H groups in total. The molecule has 0 aliphatic carbocycles. The molecule has 4 heavy (non-hydrogen) atoms. The first-order valence-electron chi connectivity index (χ1n) is 0.204. The van der Waals surface area contributed by atoms with E-state index >= 15 is 0 Å². The van der Waals surface area contributed by atoms with Gasteiger partial charge >= 0.3 is 11.3 Å². The van der Waals surface area contributed by atoms with Crippen molar-refractivity contribution in [2.24, 2.45) is 0 Å². The largest absolute Gasteiger partial charge is 0 e. The van der Waals surface area contributed by atoms with E-state index in [1.54, 1.807) is 0 Å². The van der Waals surface area contributed by atoms with Gasteiger partial charge in [0.15, 0.2) is 0 Å². The fraction of sp³-hybridized carbons (Fsp3) is 0. The Morgan fingerprint density at radius 2 is 1.25 bits per heavy atom. The predicted molar refractivity (Wildman–Crippen MR) is 6.75 cm³/mol. The van der Waals surface area contributed by atoms with Crippen LogP contribution in [-0.4, -0.2) is 0 Å². The van der Waals surface area contributed by atoms with E-state index in [1.807, 2.05) is 0 Å². The summed E-state index contributed by atoms with van der Waals surface area (Å²) in [5, 5.41) is 0. The maximum absolute atomic E-state index is 7.50. The first-order valence-corrected chi connectivity index (χ1v) is 0.204. The molecular formula is CNO2. The van der Waals surface area contributed by atoms with E-state index in [-0.39, 0.29) is 11.6 Å². The maximum atomic E-state index is 7.50. The second kappa shape index (κ2) is 63.4. The van der Waals surface area contributed by atoms with Crippen molar-refractivity contribution in [3.63, 3.8) is 0 Å². The minimum Gasteiger partial charge on any atom is 0 e. The molecule has 0 saturated heterocycles. The number of nitrogens with zero attached hydrogens (tertiary/aromatic N) is 1. The third-order valence-electron chi connectivity index (χ3n) is 0. The summed E-state index contributed by atoms with van der Waals surface area (Å²) < 4.78 is 7.50. The zero-order valence-corrected chi connectivity index (χ0v) is 1.76. The summed E-state index contributed by atoms with van der Waals surface area (Å²) in [6.45, 7) is 4.50. The van der Waals surface area contributed by atoms with E-state index in [9.17, 15) is 0 Å². The standard InChI is InChI=1S/CO.N.O/c1-2;;. The van der Waals surface area contributed by atoms with Gasteiger partial charge in [0.2, 0.25) is 0 Å². The van der Waals surface area contributed by atoms with Gasteiger partial charge in [-0.3, -0.25) is 0 Å². The van der Waals surface area contributed by atoms with Crippen LogP contribution in [0.2, 0.25) is 0 Å². The van der Waals surface area contributed by atoms with Crippen molar-refractivity contribution in [2.75, 3.05) is 0 Å². The molecule has 3 nitrogen and oxygen atoms in total. The minimum absolute atomic E-state index is 0. The van der Waals surface area contributed by atoms with Crippen LogP contribution in [0, 0.1) is 6.65 Å². The monoisotopic (exact) mass is 58.0 g/mol. The molecule has 3 heteroatoms. The van der Waals surface area contributed by atoms with Crippen LogP contribution in [-0.2, 0) is 10.1 Å². The molecule has 0 heterocycles. The zero-order valence-electron chi connectivity index (χ0n) is 1.76. The molecule has 0 aromatic rings. The Balaban J connectivity index is -0.00000000500. The van der Waals surface area contributed by atoms with Crippen LogP contribution in [0.25, 0.3) is 0 Å². The van der Waals surface area contributed by atoms with Gasteiger partial charge in [0.1, 0.15) is 0 Å². The summed E-state index contributed by atoms with van der Waals surface area (Å²) in [6.07, 6.45) is 0. The normalized spacial score (nSPS) is 0.500. The summed E-state index contributed by atoms with van der Waals surface area (Å²) in [6, 6.07) is 0. The van der Waals surface area contributed by atoms with E-state index in [1.165, 1.54) is 0 Å². The second-order valence-electron chi connectivity index (χ2n) is 0. The van der Waals surface area contributed by atoms with Crippen LogP contribution in [0.1, 0.15) is 0 Å². The first kappa shape index (κ1) is 59.5. The Hall–Kier alpha value is -0.340. The summed E-state index contributed by atoms with van der Waals surface area (Å²) in [5.74, 6) is 0. The molecule has 0 aliphatic heterocycles. The summed E-state index contributed by atoms with van der Waals surface area (Å²) in [4.78, 5) is 0. The number of hydrogen-bond donors (Lipinski definition) is 0. The molecule has 0 spiro atoms. The van der Waals surface area contributed by atoms with Crippen LogP contribution < -0.4 is 6.15 Å². The van der Waals surface area contributed by atoms with E-state index < -0.39 is 0 Å². The molecule has 0 rings (SSSR count). The van der Waals surface area contributed by atoms with Crippen molar-refractivity contribution in [3.8, 4) is 0 Å². The van der Waals surface area contributed by atoms with Gasteiger partial charge in [-0.2, -0.15) is 0 Å². The summed E-state index contributed by atoms with van der Waals surface area (Å²) in [7, 11) is 0. The van der Waals surface area contributed by atoms with Gasteiger partial charge in [0.25, 0.3) is 0 Å². The quantitative estimate of drug-likeness (QED) is 0.262. The SMILES string of the molecule is [C-]#[O+].[N].[O]. The summed E-state index contributed by atoms with van der Waals surface area (Å²) in [5.41, 5.74) is 0. The van der Waals surface area contributed by atoms with E-state index in [4.69, 9.17) is 4.65 Å². The van der Waals surface area contributed by atoms with Gasteiger partial charge in [0, 0.05) is 11.6 Å². The zero-order chi connectivity index (χ0) is 2.00. The van der Waals surface area contributed by atoms with Crippen molar-refractivity contribution in [1.82, 2.24) is 6.15 Å². The summed E-state index contributed by atoms with van der Waals surface area (Å²) >= 11 is 0. The molecule has 0 saturated carbocycles. The first-order chi connectivity index (χ1) is 1.00. The van der Waals surface area contributed by atoms with Gasteiger partial charge < -0.3 is 0 Å². The van der Waals surface area contributed by atoms with E-state index in [0.717, 1.165) is 0 Å².